The highest BCUT2D eigenvalue weighted by Crippen LogP contribution is 2.35. The fourth-order valence-electron chi connectivity index (χ4n) is 3.46. The third-order valence-electron chi connectivity index (χ3n) is 5.39. The molecule has 11 heteroatoms. The molecule has 37 heavy (non-hydrogen) atoms. The van der Waals surface area contributed by atoms with E-state index in [-0.39, 0.29) is 29.7 Å². The Balaban J connectivity index is 1.38. The van der Waals surface area contributed by atoms with Gasteiger partial charge in [0.15, 0.2) is 6.61 Å². The molecule has 1 fully saturated rings. The van der Waals surface area contributed by atoms with Gasteiger partial charge in [-0.3, -0.25) is 29.4 Å². The minimum absolute atomic E-state index is 0.0149. The molecule has 0 spiro atoms. The first kappa shape index (κ1) is 26.1. The molecule has 0 unspecified atom stereocenters. The van der Waals surface area contributed by atoms with Crippen LogP contribution in [0.1, 0.15) is 16.7 Å². The first-order valence-electron chi connectivity index (χ1n) is 11.0. The predicted molar refractivity (Wildman–Crippen MR) is 144 cm³/mol. The van der Waals surface area contributed by atoms with Crippen molar-refractivity contribution in [3.05, 3.63) is 103 Å². The van der Waals surface area contributed by atoms with E-state index < -0.39 is 16.1 Å². The molecule has 9 nitrogen and oxygen atoms in total. The number of benzene rings is 3. The van der Waals surface area contributed by atoms with Gasteiger partial charge in [0.05, 0.1) is 20.8 Å². The van der Waals surface area contributed by atoms with Crippen LogP contribution in [0, 0.1) is 17.0 Å². The highest BCUT2D eigenvalue weighted by Gasteiger charge is 2.35. The molecule has 0 saturated carbocycles. The number of hydrogen-bond acceptors (Lipinski definition) is 7. The second-order valence-electron chi connectivity index (χ2n) is 8.03. The molecule has 1 heterocycles. The summed E-state index contributed by atoms with van der Waals surface area (Å²) in [6.45, 7) is 1.73. The summed E-state index contributed by atoms with van der Waals surface area (Å²) in [6, 6.07) is 18.2. The van der Waals surface area contributed by atoms with Gasteiger partial charge in [0, 0.05) is 17.8 Å². The van der Waals surface area contributed by atoms with Crippen LogP contribution >= 0.6 is 27.7 Å². The van der Waals surface area contributed by atoms with Crippen molar-refractivity contribution in [1.82, 2.24) is 4.90 Å². The van der Waals surface area contributed by atoms with Gasteiger partial charge in [-0.05, 0) is 75.6 Å². The Hall–Kier alpha value is -3.96. The van der Waals surface area contributed by atoms with Crippen molar-refractivity contribution in [3.63, 3.8) is 0 Å². The Morgan fingerprint density at radius 3 is 2.54 bits per heavy atom. The highest BCUT2D eigenvalue weighted by molar-refractivity contribution is 9.10. The summed E-state index contributed by atoms with van der Waals surface area (Å²) in [5, 5.41) is 13.2. The molecule has 1 aliphatic heterocycles. The van der Waals surface area contributed by atoms with Gasteiger partial charge in [-0.2, -0.15) is 0 Å². The third kappa shape index (κ3) is 6.43. The molecule has 3 aromatic carbocycles. The number of nitro groups is 1. The summed E-state index contributed by atoms with van der Waals surface area (Å²) in [7, 11) is 0. The van der Waals surface area contributed by atoms with E-state index in [2.05, 4.69) is 21.2 Å². The van der Waals surface area contributed by atoms with Crippen LogP contribution in [0.5, 0.6) is 5.75 Å². The second kappa shape index (κ2) is 11.4. The van der Waals surface area contributed by atoms with E-state index in [0.717, 1.165) is 22.2 Å². The first-order valence-corrected chi connectivity index (χ1v) is 12.6. The van der Waals surface area contributed by atoms with Crippen molar-refractivity contribution in [2.75, 3.05) is 11.9 Å². The Morgan fingerprint density at radius 2 is 1.86 bits per heavy atom. The number of imide groups is 1. The number of nitrogens with one attached hydrogen (secondary N) is 1. The lowest BCUT2D eigenvalue weighted by Crippen LogP contribution is -2.27. The zero-order valence-electron chi connectivity index (χ0n) is 19.5. The molecule has 1 aliphatic rings. The normalized spacial score (nSPS) is 14.2. The number of rotatable bonds is 8. The van der Waals surface area contributed by atoms with Crippen molar-refractivity contribution in [3.8, 4) is 5.75 Å². The van der Waals surface area contributed by atoms with Gasteiger partial charge in [0.2, 0.25) is 0 Å². The molecule has 1 N–H and O–H groups in total. The molecule has 0 aliphatic carbocycles. The molecule has 3 aromatic rings. The van der Waals surface area contributed by atoms with Crippen molar-refractivity contribution < 1.29 is 24.0 Å². The summed E-state index contributed by atoms with van der Waals surface area (Å²) >= 11 is 4.24. The topological polar surface area (TPSA) is 119 Å². The van der Waals surface area contributed by atoms with E-state index in [1.807, 2.05) is 31.2 Å². The number of aryl methyl sites for hydroxylation is 1. The third-order valence-corrected chi connectivity index (χ3v) is 6.92. The van der Waals surface area contributed by atoms with Crippen LogP contribution in [-0.4, -0.2) is 33.5 Å². The number of ether oxygens (including phenoxy) is 1. The summed E-state index contributed by atoms with van der Waals surface area (Å²) in [5.74, 6) is -0.298. The number of nitro benzene ring substituents is 1. The smallest absolute Gasteiger partial charge is 0.293 e. The van der Waals surface area contributed by atoms with E-state index in [4.69, 9.17) is 4.74 Å². The van der Waals surface area contributed by atoms with Gasteiger partial charge in [0.1, 0.15) is 5.75 Å². The summed E-state index contributed by atoms with van der Waals surface area (Å²) in [6.07, 6.45) is 1.60. The molecule has 188 valence electrons. The lowest BCUT2D eigenvalue weighted by Gasteiger charge is -2.12. The Kier molecular flexibility index (Phi) is 8.04. The van der Waals surface area contributed by atoms with Crippen molar-refractivity contribution >= 4 is 62.2 Å². The molecule has 1 saturated heterocycles. The number of anilines is 1. The molecule has 0 aromatic heterocycles. The first-order chi connectivity index (χ1) is 17.7. The van der Waals surface area contributed by atoms with Crippen LogP contribution in [0.3, 0.4) is 0 Å². The fraction of sp³-hybridized carbons (Fsp3) is 0.115. The predicted octanol–water partition coefficient (Wildman–Crippen LogP) is 5.92. The number of nitrogens with zero attached hydrogens (tertiary/aromatic N) is 2. The van der Waals surface area contributed by atoms with Crippen molar-refractivity contribution in [1.29, 1.82) is 0 Å². The number of thioether (sulfide) groups is 1. The maximum Gasteiger partial charge on any atom is 0.293 e. The maximum absolute atomic E-state index is 12.8. The summed E-state index contributed by atoms with van der Waals surface area (Å²) < 4.78 is 6.20. The number of halogens is 1. The van der Waals surface area contributed by atoms with Crippen LogP contribution in [0.2, 0.25) is 0 Å². The number of hydrogen-bond donors (Lipinski definition) is 1. The average molecular weight is 582 g/mol. The fourth-order valence-corrected chi connectivity index (χ4v) is 4.81. The van der Waals surface area contributed by atoms with E-state index in [9.17, 15) is 24.5 Å². The standard InChI is InChI=1S/C26H20BrN3O6S/c1-16-4-2-3-5-21(16)28-24(31)15-36-22-11-8-18(12-20(22)27)13-23-25(32)29(26(33)37-23)14-17-6-9-19(10-7-17)30(34)35/h2-13H,14-15H2,1H3,(H,28,31)/b23-13-. The molecule has 4 rings (SSSR count). The minimum atomic E-state index is -0.512. The monoisotopic (exact) mass is 581 g/mol. The average Bonchev–Trinajstić information content (AvgIpc) is 3.12. The van der Waals surface area contributed by atoms with Gasteiger partial charge in [0.25, 0.3) is 22.7 Å². The second-order valence-corrected chi connectivity index (χ2v) is 9.88. The van der Waals surface area contributed by atoms with E-state index in [1.165, 1.54) is 24.3 Å². The van der Waals surface area contributed by atoms with Crippen molar-refractivity contribution in [2.24, 2.45) is 0 Å². The van der Waals surface area contributed by atoms with Gasteiger partial charge in [-0.15, -0.1) is 0 Å². The number of non-ortho nitro benzene ring substituents is 1. The summed E-state index contributed by atoms with van der Waals surface area (Å²) in [5.41, 5.74) is 2.85. The van der Waals surface area contributed by atoms with Gasteiger partial charge in [-0.1, -0.05) is 36.4 Å². The van der Waals surface area contributed by atoms with Crippen LogP contribution in [0.4, 0.5) is 16.2 Å². The Bertz CT molecular complexity index is 1420. The lowest BCUT2D eigenvalue weighted by atomic mass is 10.2. The number of amides is 3. The minimum Gasteiger partial charge on any atom is -0.483 e. The molecule has 0 radical (unpaired) electrons. The molecule has 0 bridgehead atoms. The largest absolute Gasteiger partial charge is 0.483 e. The number of carbonyl (C=O) groups is 3. The Morgan fingerprint density at radius 1 is 1.14 bits per heavy atom. The van der Waals surface area contributed by atoms with E-state index in [0.29, 0.717) is 27.0 Å². The Labute approximate surface area is 224 Å². The molecule has 3 amide bonds. The van der Waals surface area contributed by atoms with E-state index in [1.54, 1.807) is 24.3 Å². The van der Waals surface area contributed by atoms with Crippen LogP contribution in [-0.2, 0) is 16.1 Å². The van der Waals surface area contributed by atoms with Crippen molar-refractivity contribution in [2.45, 2.75) is 13.5 Å². The van der Waals surface area contributed by atoms with Gasteiger partial charge >= 0.3 is 0 Å². The zero-order chi connectivity index (χ0) is 26.5. The number of para-hydroxylation sites is 1. The van der Waals surface area contributed by atoms with Gasteiger partial charge < -0.3 is 10.1 Å². The molecular weight excluding hydrogens is 562 g/mol. The van der Waals surface area contributed by atoms with Crippen LogP contribution < -0.4 is 10.1 Å². The zero-order valence-corrected chi connectivity index (χ0v) is 21.9. The molecule has 0 atom stereocenters. The van der Waals surface area contributed by atoms with Crippen LogP contribution in [0.25, 0.3) is 6.08 Å². The van der Waals surface area contributed by atoms with Crippen LogP contribution in [0.15, 0.2) is 76.1 Å². The summed E-state index contributed by atoms with van der Waals surface area (Å²) in [4.78, 5) is 49.2. The van der Waals surface area contributed by atoms with E-state index >= 15 is 0 Å². The number of carbonyl (C=O) groups excluding carboxylic acids is 3. The molecular formula is C26H20BrN3O6S. The quantitative estimate of drug-likeness (QED) is 0.199. The lowest BCUT2D eigenvalue weighted by molar-refractivity contribution is -0.384. The highest BCUT2D eigenvalue weighted by atomic mass is 79.9. The SMILES string of the molecule is Cc1ccccc1NC(=O)COc1ccc(/C=C2\SC(=O)N(Cc3ccc([N+](=O)[O-])cc3)C2=O)cc1Br. The van der Waals surface area contributed by atoms with Gasteiger partial charge in [-0.25, -0.2) is 0 Å². The maximum atomic E-state index is 12.8.